The molecule has 0 aliphatic carbocycles. The summed E-state index contributed by atoms with van der Waals surface area (Å²) in [6, 6.07) is 0.941. The first kappa shape index (κ1) is 14.8. The van der Waals surface area contributed by atoms with Crippen LogP contribution in [-0.4, -0.2) is 23.6 Å². The Bertz CT molecular complexity index is 506. The van der Waals surface area contributed by atoms with E-state index < -0.39 is 40.1 Å². The largest absolute Gasteiger partial charge is 0.470 e. The molecule has 0 spiro atoms. The van der Waals surface area contributed by atoms with E-state index in [0.29, 0.717) is 12.1 Å². The molecule has 1 rings (SSSR count). The van der Waals surface area contributed by atoms with E-state index in [1.807, 2.05) is 0 Å². The minimum absolute atomic E-state index is 0.0839. The fourth-order valence-corrected chi connectivity index (χ4v) is 1.28. The van der Waals surface area contributed by atoms with Gasteiger partial charge in [0.2, 0.25) is 5.75 Å². The van der Waals surface area contributed by atoms with Crippen LogP contribution in [0.5, 0.6) is 5.75 Å². The fraction of sp³-hybridized carbons (Fsp3) is 0.364. The van der Waals surface area contributed by atoms with E-state index in [1.54, 1.807) is 6.92 Å². The van der Waals surface area contributed by atoms with Crippen molar-refractivity contribution in [1.82, 2.24) is 0 Å². The lowest BCUT2D eigenvalue weighted by molar-refractivity contribution is -0.386. The third-order valence-electron chi connectivity index (χ3n) is 2.10. The molecule has 0 saturated carbocycles. The van der Waals surface area contributed by atoms with Crippen LogP contribution < -0.4 is 4.74 Å². The second-order valence-corrected chi connectivity index (χ2v) is 3.51. The SMILES string of the molecule is CCOC(=O)C(C)Oc1c(F)cc(F)cc1[N+](=O)[O-]. The topological polar surface area (TPSA) is 78.7 Å². The molecule has 1 unspecified atom stereocenters. The smallest absolute Gasteiger partial charge is 0.347 e. The van der Waals surface area contributed by atoms with E-state index in [0.717, 1.165) is 0 Å². The summed E-state index contributed by atoms with van der Waals surface area (Å²) in [5.41, 5.74) is -0.895. The zero-order valence-corrected chi connectivity index (χ0v) is 10.2. The molecule has 0 heterocycles. The van der Waals surface area contributed by atoms with Gasteiger partial charge in [-0.15, -0.1) is 0 Å². The lowest BCUT2D eigenvalue weighted by atomic mass is 10.2. The summed E-state index contributed by atoms with van der Waals surface area (Å²) in [5.74, 6) is -3.98. The van der Waals surface area contributed by atoms with E-state index >= 15 is 0 Å². The summed E-state index contributed by atoms with van der Waals surface area (Å²) in [4.78, 5) is 21.0. The molecule has 1 aromatic rings. The van der Waals surface area contributed by atoms with Crippen LogP contribution in [0.2, 0.25) is 0 Å². The van der Waals surface area contributed by atoms with Gasteiger partial charge in [-0.25, -0.2) is 13.6 Å². The van der Waals surface area contributed by atoms with Crippen LogP contribution >= 0.6 is 0 Å². The van der Waals surface area contributed by atoms with Gasteiger partial charge >= 0.3 is 11.7 Å². The Balaban J connectivity index is 3.06. The molecule has 19 heavy (non-hydrogen) atoms. The second kappa shape index (κ2) is 6.07. The molecule has 0 aromatic heterocycles. The van der Waals surface area contributed by atoms with Gasteiger partial charge in [0.15, 0.2) is 11.9 Å². The maximum absolute atomic E-state index is 13.5. The summed E-state index contributed by atoms with van der Waals surface area (Å²) in [6.45, 7) is 2.89. The number of rotatable bonds is 5. The van der Waals surface area contributed by atoms with Crippen LogP contribution in [0.15, 0.2) is 12.1 Å². The van der Waals surface area contributed by atoms with E-state index in [-0.39, 0.29) is 6.61 Å². The quantitative estimate of drug-likeness (QED) is 0.467. The van der Waals surface area contributed by atoms with E-state index in [4.69, 9.17) is 4.74 Å². The summed E-state index contributed by atoms with van der Waals surface area (Å²) in [6.07, 6.45) is -1.25. The van der Waals surface area contributed by atoms with Crippen LogP contribution in [0.3, 0.4) is 0 Å². The molecular formula is C11H11F2NO5. The van der Waals surface area contributed by atoms with Gasteiger partial charge in [-0.05, 0) is 13.8 Å². The van der Waals surface area contributed by atoms with Gasteiger partial charge in [0, 0.05) is 6.07 Å². The zero-order valence-electron chi connectivity index (χ0n) is 10.2. The van der Waals surface area contributed by atoms with Crippen molar-refractivity contribution in [2.45, 2.75) is 20.0 Å². The predicted octanol–water partition coefficient (Wildman–Crippen LogP) is 2.20. The van der Waals surface area contributed by atoms with Crippen molar-refractivity contribution in [3.05, 3.63) is 33.9 Å². The Morgan fingerprint density at radius 1 is 1.47 bits per heavy atom. The molecule has 0 radical (unpaired) electrons. The number of carbonyl (C=O) groups is 1. The number of ether oxygens (including phenoxy) is 2. The number of nitro groups is 1. The van der Waals surface area contributed by atoms with Gasteiger partial charge in [0.1, 0.15) is 5.82 Å². The van der Waals surface area contributed by atoms with Crippen molar-refractivity contribution in [3.63, 3.8) is 0 Å². The highest BCUT2D eigenvalue weighted by atomic mass is 19.1. The lowest BCUT2D eigenvalue weighted by Crippen LogP contribution is -2.26. The molecule has 0 fully saturated rings. The Morgan fingerprint density at radius 3 is 2.63 bits per heavy atom. The standard InChI is InChI=1S/C11H11F2NO5/c1-3-18-11(15)6(2)19-10-8(13)4-7(12)5-9(10)14(16)17/h4-6H,3H2,1-2H3. The molecule has 0 N–H and O–H groups in total. The van der Waals surface area contributed by atoms with Gasteiger partial charge in [-0.3, -0.25) is 10.1 Å². The molecule has 0 amide bonds. The Kier molecular flexibility index (Phi) is 4.74. The molecule has 0 saturated heterocycles. The van der Waals surface area contributed by atoms with Gasteiger partial charge in [-0.2, -0.15) is 0 Å². The molecule has 8 heteroatoms. The second-order valence-electron chi connectivity index (χ2n) is 3.51. The van der Waals surface area contributed by atoms with Crippen molar-refractivity contribution < 1.29 is 28.0 Å². The fourth-order valence-electron chi connectivity index (χ4n) is 1.28. The third kappa shape index (κ3) is 3.60. The normalized spacial score (nSPS) is 11.8. The van der Waals surface area contributed by atoms with Crippen LogP contribution in [0.25, 0.3) is 0 Å². The summed E-state index contributed by atoms with van der Waals surface area (Å²) >= 11 is 0. The molecule has 1 atom stereocenters. The molecule has 0 bridgehead atoms. The van der Waals surface area contributed by atoms with Gasteiger partial charge in [0.05, 0.1) is 17.6 Å². The monoisotopic (exact) mass is 275 g/mol. The van der Waals surface area contributed by atoms with Crippen LogP contribution in [0.4, 0.5) is 14.5 Å². The number of nitro benzene ring substituents is 1. The highest BCUT2D eigenvalue weighted by Crippen LogP contribution is 2.31. The number of hydrogen-bond acceptors (Lipinski definition) is 5. The predicted molar refractivity (Wildman–Crippen MR) is 59.7 cm³/mol. The first-order valence-electron chi connectivity index (χ1n) is 5.33. The lowest BCUT2D eigenvalue weighted by Gasteiger charge is -2.13. The zero-order chi connectivity index (χ0) is 14.6. The maximum Gasteiger partial charge on any atom is 0.347 e. The molecule has 0 aliphatic rings. The highest BCUT2D eigenvalue weighted by molar-refractivity contribution is 5.74. The number of esters is 1. The number of hydrogen-bond donors (Lipinski definition) is 0. The summed E-state index contributed by atoms with van der Waals surface area (Å²) in [5, 5.41) is 10.7. The molecule has 0 aliphatic heterocycles. The van der Waals surface area contributed by atoms with E-state index in [9.17, 15) is 23.7 Å². The molecular weight excluding hydrogens is 264 g/mol. The van der Waals surface area contributed by atoms with Crippen LogP contribution in [0, 0.1) is 21.7 Å². The van der Waals surface area contributed by atoms with Gasteiger partial charge < -0.3 is 9.47 Å². The Morgan fingerprint density at radius 2 is 2.11 bits per heavy atom. The van der Waals surface area contributed by atoms with Gasteiger partial charge in [0.25, 0.3) is 0 Å². The summed E-state index contributed by atoms with van der Waals surface area (Å²) < 4.78 is 35.8. The average Bonchev–Trinajstić information content (AvgIpc) is 2.32. The Hall–Kier alpha value is -2.25. The van der Waals surface area contributed by atoms with Crippen molar-refractivity contribution >= 4 is 11.7 Å². The number of benzene rings is 1. The average molecular weight is 275 g/mol. The number of nitrogens with zero attached hydrogens (tertiary/aromatic N) is 1. The van der Waals surface area contributed by atoms with Crippen molar-refractivity contribution in [2.75, 3.05) is 6.61 Å². The first-order valence-corrected chi connectivity index (χ1v) is 5.33. The molecule has 1 aromatic carbocycles. The molecule has 104 valence electrons. The first-order chi connectivity index (χ1) is 8.86. The van der Waals surface area contributed by atoms with Gasteiger partial charge in [-0.1, -0.05) is 0 Å². The number of halogens is 2. The van der Waals surface area contributed by atoms with E-state index in [2.05, 4.69) is 4.74 Å². The van der Waals surface area contributed by atoms with E-state index in [1.165, 1.54) is 6.92 Å². The number of carbonyl (C=O) groups excluding carboxylic acids is 1. The minimum atomic E-state index is -1.26. The Labute approximate surface area is 107 Å². The van der Waals surface area contributed by atoms with Crippen molar-refractivity contribution in [3.8, 4) is 5.75 Å². The van der Waals surface area contributed by atoms with Crippen LogP contribution in [0.1, 0.15) is 13.8 Å². The maximum atomic E-state index is 13.5. The van der Waals surface area contributed by atoms with Crippen LogP contribution in [-0.2, 0) is 9.53 Å². The van der Waals surface area contributed by atoms with Crippen molar-refractivity contribution in [1.29, 1.82) is 0 Å². The summed E-state index contributed by atoms with van der Waals surface area (Å²) in [7, 11) is 0. The molecule has 6 nitrogen and oxygen atoms in total. The van der Waals surface area contributed by atoms with Crippen molar-refractivity contribution in [2.24, 2.45) is 0 Å². The minimum Gasteiger partial charge on any atom is -0.470 e. The highest BCUT2D eigenvalue weighted by Gasteiger charge is 2.26. The third-order valence-corrected chi connectivity index (χ3v) is 2.10.